The van der Waals surface area contributed by atoms with Crippen molar-refractivity contribution < 1.29 is 19.7 Å². The Hall–Kier alpha value is -1.78. The van der Waals surface area contributed by atoms with Gasteiger partial charge >= 0.3 is 0 Å². The molecular weight excluding hydrogens is 472 g/mol. The Morgan fingerprint density at radius 3 is 1.53 bits per heavy atom. The number of rotatable bonds is 8. The van der Waals surface area contributed by atoms with Crippen LogP contribution in [0.4, 0.5) is 0 Å². The molecular formula is C34H44O4. The normalized spacial score (nSPS) is 40.3. The maximum atomic E-state index is 9.84. The molecule has 4 nitrogen and oxygen atoms in total. The van der Waals surface area contributed by atoms with Crippen molar-refractivity contribution in [2.45, 2.75) is 87.9 Å². The topological polar surface area (TPSA) is 58.9 Å². The molecule has 8 saturated carbocycles. The molecule has 8 aliphatic carbocycles. The molecule has 2 aromatic rings. The molecule has 8 fully saturated rings. The molecule has 10 rings (SSSR count). The Kier molecular flexibility index (Phi) is 5.61. The third-order valence-corrected chi connectivity index (χ3v) is 11.9. The van der Waals surface area contributed by atoms with Crippen LogP contribution in [-0.4, -0.2) is 36.6 Å². The molecule has 0 aromatic heterocycles. The van der Waals surface area contributed by atoms with Crippen LogP contribution in [0.15, 0.2) is 24.3 Å². The fourth-order valence-electron chi connectivity index (χ4n) is 11.8. The molecule has 0 radical (unpaired) electrons. The van der Waals surface area contributed by atoms with Crippen molar-refractivity contribution in [3.05, 3.63) is 35.4 Å². The van der Waals surface area contributed by atoms with Gasteiger partial charge in [0.15, 0.2) is 0 Å². The number of aliphatic hydroxyl groups is 2. The molecule has 0 atom stereocenters. The standard InChI is InChI=1S/C34H44O4/c35-4-6-37-28-3-1-2-27-14-29(38-7-5-36)31(33-15-21-8-22(16-33)10-23(9-21)17-33)32(30(27)28)34-18-24-11-25(19-34)13-26(12-24)20-34/h1-3,14,21-26,35-36H,4-13,15-20H2. The zero-order chi connectivity index (χ0) is 25.5. The highest BCUT2D eigenvalue weighted by Crippen LogP contribution is 2.68. The molecule has 0 heterocycles. The molecule has 8 bridgehead atoms. The molecule has 38 heavy (non-hydrogen) atoms. The van der Waals surface area contributed by atoms with Crippen molar-refractivity contribution in [1.82, 2.24) is 0 Å². The number of hydrogen-bond acceptors (Lipinski definition) is 4. The summed E-state index contributed by atoms with van der Waals surface area (Å²) in [4.78, 5) is 0. The molecule has 0 amide bonds. The second kappa shape index (κ2) is 8.86. The smallest absolute Gasteiger partial charge is 0.127 e. The summed E-state index contributed by atoms with van der Waals surface area (Å²) in [5.74, 6) is 7.13. The van der Waals surface area contributed by atoms with Gasteiger partial charge in [0.25, 0.3) is 0 Å². The minimum absolute atomic E-state index is 0.0304. The Balaban J connectivity index is 1.42. The summed E-state index contributed by atoms with van der Waals surface area (Å²) in [7, 11) is 0. The number of aliphatic hydroxyl groups excluding tert-OH is 2. The quantitative estimate of drug-likeness (QED) is 0.420. The van der Waals surface area contributed by atoms with Gasteiger partial charge in [0, 0.05) is 16.4 Å². The highest BCUT2D eigenvalue weighted by atomic mass is 16.5. The maximum absolute atomic E-state index is 9.84. The first-order chi connectivity index (χ1) is 18.6. The van der Waals surface area contributed by atoms with E-state index in [4.69, 9.17) is 9.47 Å². The summed E-state index contributed by atoms with van der Waals surface area (Å²) in [6.07, 6.45) is 16.4. The summed E-state index contributed by atoms with van der Waals surface area (Å²) < 4.78 is 12.9. The zero-order valence-electron chi connectivity index (χ0n) is 22.8. The van der Waals surface area contributed by atoms with Crippen LogP contribution in [0.3, 0.4) is 0 Å². The lowest BCUT2D eigenvalue weighted by molar-refractivity contribution is -0.0180. The predicted octanol–water partition coefficient (Wildman–Crippen LogP) is 6.52. The maximum Gasteiger partial charge on any atom is 0.127 e. The molecule has 2 N–H and O–H groups in total. The largest absolute Gasteiger partial charge is 0.491 e. The average molecular weight is 517 g/mol. The molecule has 0 spiro atoms. The second-order valence-corrected chi connectivity index (χ2v) is 14.5. The van der Waals surface area contributed by atoms with Gasteiger partial charge in [-0.05, 0) is 141 Å². The molecule has 0 unspecified atom stereocenters. The molecule has 8 aliphatic rings. The first-order valence-corrected chi connectivity index (χ1v) is 15.7. The lowest BCUT2D eigenvalue weighted by Crippen LogP contribution is -2.52. The fraction of sp³-hybridized carbons (Fsp3) is 0.706. The van der Waals surface area contributed by atoms with E-state index in [1.165, 1.54) is 93.4 Å². The van der Waals surface area contributed by atoms with E-state index < -0.39 is 0 Å². The van der Waals surface area contributed by atoms with Crippen LogP contribution in [0.25, 0.3) is 10.8 Å². The predicted molar refractivity (Wildman–Crippen MR) is 149 cm³/mol. The molecule has 2 aromatic carbocycles. The molecule has 4 heteroatoms. The first kappa shape index (κ1) is 24.1. The summed E-state index contributed by atoms with van der Waals surface area (Å²) in [5, 5.41) is 22.0. The van der Waals surface area contributed by atoms with E-state index in [9.17, 15) is 10.2 Å². The molecule has 0 saturated heterocycles. The van der Waals surface area contributed by atoms with E-state index >= 15 is 0 Å². The van der Waals surface area contributed by atoms with Crippen LogP contribution < -0.4 is 9.47 Å². The van der Waals surface area contributed by atoms with Crippen molar-refractivity contribution in [1.29, 1.82) is 0 Å². The van der Waals surface area contributed by atoms with Crippen LogP contribution in [0.1, 0.15) is 88.2 Å². The number of ether oxygens (including phenoxy) is 2. The summed E-state index contributed by atoms with van der Waals surface area (Å²) in [5.41, 5.74) is 3.50. The number of hydrogen-bond donors (Lipinski definition) is 2. The third kappa shape index (κ3) is 3.61. The second-order valence-electron chi connectivity index (χ2n) is 14.5. The van der Waals surface area contributed by atoms with Gasteiger partial charge in [0.05, 0.1) is 13.2 Å². The zero-order valence-corrected chi connectivity index (χ0v) is 22.8. The molecule has 204 valence electrons. The summed E-state index contributed by atoms with van der Waals surface area (Å²) >= 11 is 0. The van der Waals surface area contributed by atoms with Crippen molar-refractivity contribution in [3.63, 3.8) is 0 Å². The Labute approximate surface area is 227 Å². The average Bonchev–Trinajstić information content (AvgIpc) is 2.88. The minimum atomic E-state index is 0.0304. The van der Waals surface area contributed by atoms with Crippen LogP contribution in [0.2, 0.25) is 0 Å². The Bertz CT molecular complexity index is 1160. The minimum Gasteiger partial charge on any atom is -0.491 e. The Morgan fingerprint density at radius 1 is 0.605 bits per heavy atom. The highest BCUT2D eigenvalue weighted by molar-refractivity contribution is 5.95. The lowest BCUT2D eigenvalue weighted by Gasteiger charge is -2.61. The molecule has 0 aliphatic heterocycles. The van der Waals surface area contributed by atoms with Crippen LogP contribution in [0, 0.1) is 35.5 Å². The van der Waals surface area contributed by atoms with Gasteiger partial charge in [0.1, 0.15) is 24.7 Å². The van der Waals surface area contributed by atoms with E-state index in [1.807, 2.05) is 0 Å². The van der Waals surface area contributed by atoms with E-state index in [2.05, 4.69) is 24.3 Å². The van der Waals surface area contributed by atoms with Crippen molar-refractivity contribution >= 4 is 10.8 Å². The van der Waals surface area contributed by atoms with Gasteiger partial charge in [-0.3, -0.25) is 0 Å². The van der Waals surface area contributed by atoms with Gasteiger partial charge in [0.2, 0.25) is 0 Å². The van der Waals surface area contributed by atoms with Gasteiger partial charge in [-0.15, -0.1) is 0 Å². The van der Waals surface area contributed by atoms with Gasteiger partial charge in [-0.2, -0.15) is 0 Å². The van der Waals surface area contributed by atoms with E-state index in [1.54, 1.807) is 5.56 Å². The Morgan fingerprint density at radius 2 is 1.05 bits per heavy atom. The highest BCUT2D eigenvalue weighted by Gasteiger charge is 2.58. The fourth-order valence-corrected chi connectivity index (χ4v) is 11.8. The summed E-state index contributed by atoms with van der Waals surface area (Å²) in [6, 6.07) is 8.76. The van der Waals surface area contributed by atoms with E-state index in [0.29, 0.717) is 13.2 Å². The van der Waals surface area contributed by atoms with Crippen molar-refractivity contribution in [2.75, 3.05) is 26.4 Å². The van der Waals surface area contributed by atoms with Crippen LogP contribution in [0.5, 0.6) is 11.5 Å². The number of fused-ring (bicyclic) bond motifs is 1. The van der Waals surface area contributed by atoms with Gasteiger partial charge in [-0.25, -0.2) is 0 Å². The lowest BCUT2D eigenvalue weighted by atomic mass is 9.43. The van der Waals surface area contributed by atoms with Crippen LogP contribution in [-0.2, 0) is 10.8 Å². The number of benzene rings is 2. The first-order valence-electron chi connectivity index (χ1n) is 15.7. The van der Waals surface area contributed by atoms with E-state index in [0.717, 1.165) is 47.0 Å². The monoisotopic (exact) mass is 516 g/mol. The van der Waals surface area contributed by atoms with E-state index in [-0.39, 0.29) is 24.0 Å². The van der Waals surface area contributed by atoms with Crippen molar-refractivity contribution in [3.8, 4) is 11.5 Å². The van der Waals surface area contributed by atoms with Gasteiger partial charge < -0.3 is 19.7 Å². The SMILES string of the molecule is OCCOc1cc2cccc(OCCO)c2c(C23CC4CC(CC(C4)C2)C3)c1C12CC3CC(CC(C3)C1)C2. The summed E-state index contributed by atoms with van der Waals surface area (Å²) in [6.45, 7) is 0.758. The van der Waals surface area contributed by atoms with Gasteiger partial charge in [-0.1, -0.05) is 12.1 Å². The van der Waals surface area contributed by atoms with Crippen LogP contribution >= 0.6 is 0 Å². The third-order valence-electron chi connectivity index (χ3n) is 11.9. The van der Waals surface area contributed by atoms with Crippen molar-refractivity contribution in [2.24, 2.45) is 35.5 Å².